The van der Waals surface area contributed by atoms with Gasteiger partial charge in [-0.15, -0.1) is 0 Å². The molecule has 2 N–H and O–H groups in total. The Bertz CT molecular complexity index is 336. The van der Waals surface area contributed by atoms with E-state index < -0.39 is 0 Å². The molecule has 5 heteroatoms. The fourth-order valence-electron chi connectivity index (χ4n) is 2.08. The lowest BCUT2D eigenvalue weighted by Crippen LogP contribution is -2.26. The standard InChI is InChI=1S/C12H21N5.C2H6/c1-2-13-11-9-12(16-10-15-11)14-5-8-17-6-3-4-7-17;1-2/h9-10H,2-8H2,1H3,(H2,13,14,15,16);1-2H3. The average Bonchev–Trinajstić information content (AvgIpc) is 2.95. The van der Waals surface area contributed by atoms with Crippen molar-refractivity contribution < 1.29 is 0 Å². The molecule has 0 aromatic carbocycles. The predicted octanol–water partition coefficient (Wildman–Crippen LogP) is 2.44. The van der Waals surface area contributed by atoms with Crippen LogP contribution < -0.4 is 10.6 Å². The van der Waals surface area contributed by atoms with Gasteiger partial charge in [0.1, 0.15) is 18.0 Å². The summed E-state index contributed by atoms with van der Waals surface area (Å²) in [6.07, 6.45) is 4.28. The summed E-state index contributed by atoms with van der Waals surface area (Å²) in [7, 11) is 0. The smallest absolute Gasteiger partial charge is 0.131 e. The highest BCUT2D eigenvalue weighted by molar-refractivity contribution is 5.46. The van der Waals surface area contributed by atoms with Gasteiger partial charge >= 0.3 is 0 Å². The van der Waals surface area contributed by atoms with E-state index in [4.69, 9.17) is 0 Å². The SMILES string of the molecule is CC.CCNc1cc(NCCN2CCCC2)ncn1. The van der Waals surface area contributed by atoms with Crippen molar-refractivity contribution in [2.45, 2.75) is 33.6 Å². The van der Waals surface area contributed by atoms with Crippen molar-refractivity contribution in [2.24, 2.45) is 0 Å². The van der Waals surface area contributed by atoms with Crippen LogP contribution in [0.4, 0.5) is 11.6 Å². The summed E-state index contributed by atoms with van der Waals surface area (Å²) in [5.74, 6) is 1.78. The molecule has 2 rings (SSSR count). The van der Waals surface area contributed by atoms with Gasteiger partial charge in [0.05, 0.1) is 0 Å². The van der Waals surface area contributed by atoms with E-state index in [-0.39, 0.29) is 0 Å². The molecule has 5 nitrogen and oxygen atoms in total. The van der Waals surface area contributed by atoms with Crippen molar-refractivity contribution >= 4 is 11.6 Å². The van der Waals surface area contributed by atoms with Crippen LogP contribution in [-0.4, -0.2) is 47.6 Å². The largest absolute Gasteiger partial charge is 0.370 e. The molecule has 2 heterocycles. The van der Waals surface area contributed by atoms with Gasteiger partial charge in [0, 0.05) is 25.7 Å². The van der Waals surface area contributed by atoms with Crippen molar-refractivity contribution in [3.05, 3.63) is 12.4 Å². The number of hydrogen-bond acceptors (Lipinski definition) is 5. The molecule has 0 bridgehead atoms. The van der Waals surface area contributed by atoms with Crippen LogP contribution in [0.5, 0.6) is 0 Å². The predicted molar refractivity (Wildman–Crippen MR) is 81.7 cm³/mol. The van der Waals surface area contributed by atoms with E-state index in [2.05, 4.69) is 32.4 Å². The molecule has 1 aromatic rings. The molecule has 0 saturated carbocycles. The molecule has 0 radical (unpaired) electrons. The minimum atomic E-state index is 0.879. The first kappa shape index (κ1) is 15.7. The second-order valence-electron chi connectivity index (χ2n) is 4.29. The minimum Gasteiger partial charge on any atom is -0.370 e. The topological polar surface area (TPSA) is 53.1 Å². The summed E-state index contributed by atoms with van der Waals surface area (Å²) in [5, 5.41) is 6.52. The minimum absolute atomic E-state index is 0.879. The number of anilines is 2. The Kier molecular flexibility index (Phi) is 7.89. The lowest BCUT2D eigenvalue weighted by molar-refractivity contribution is 0.352. The van der Waals surface area contributed by atoms with Crippen LogP contribution in [0.1, 0.15) is 33.6 Å². The highest BCUT2D eigenvalue weighted by Crippen LogP contribution is 2.09. The third kappa shape index (κ3) is 5.87. The zero-order valence-electron chi connectivity index (χ0n) is 12.4. The molecule has 0 aliphatic carbocycles. The van der Waals surface area contributed by atoms with Crippen LogP contribution in [0.25, 0.3) is 0 Å². The maximum Gasteiger partial charge on any atom is 0.131 e. The second-order valence-corrected chi connectivity index (χ2v) is 4.29. The van der Waals surface area contributed by atoms with Crippen LogP contribution >= 0.6 is 0 Å². The Morgan fingerprint density at radius 1 is 1.11 bits per heavy atom. The fraction of sp³-hybridized carbons (Fsp3) is 0.714. The summed E-state index contributed by atoms with van der Waals surface area (Å²) >= 11 is 0. The van der Waals surface area contributed by atoms with E-state index in [0.717, 1.165) is 31.3 Å². The first-order valence-electron chi connectivity index (χ1n) is 7.40. The maximum absolute atomic E-state index is 4.21. The van der Waals surface area contributed by atoms with Gasteiger partial charge in [-0.2, -0.15) is 0 Å². The molecule has 0 amide bonds. The number of hydrogen-bond donors (Lipinski definition) is 2. The zero-order valence-corrected chi connectivity index (χ0v) is 12.4. The third-order valence-corrected chi connectivity index (χ3v) is 2.96. The molecule has 0 spiro atoms. The first-order valence-corrected chi connectivity index (χ1v) is 7.40. The van der Waals surface area contributed by atoms with Crippen LogP contribution in [0.3, 0.4) is 0 Å². The van der Waals surface area contributed by atoms with Crippen molar-refractivity contribution in [2.75, 3.05) is 43.4 Å². The lowest BCUT2D eigenvalue weighted by atomic mass is 10.4. The van der Waals surface area contributed by atoms with Gasteiger partial charge in [-0.05, 0) is 32.9 Å². The third-order valence-electron chi connectivity index (χ3n) is 2.96. The van der Waals surface area contributed by atoms with Gasteiger partial charge in [0.25, 0.3) is 0 Å². The Morgan fingerprint density at radius 3 is 2.37 bits per heavy atom. The normalized spacial score (nSPS) is 14.7. The van der Waals surface area contributed by atoms with Crippen LogP contribution in [0.15, 0.2) is 12.4 Å². The van der Waals surface area contributed by atoms with Gasteiger partial charge in [-0.25, -0.2) is 9.97 Å². The second kappa shape index (κ2) is 9.55. The van der Waals surface area contributed by atoms with E-state index in [0.29, 0.717) is 0 Å². The molecule has 1 saturated heterocycles. The van der Waals surface area contributed by atoms with Gasteiger partial charge < -0.3 is 15.5 Å². The molecule has 1 aliphatic rings. The zero-order chi connectivity index (χ0) is 13.9. The summed E-state index contributed by atoms with van der Waals surface area (Å²) < 4.78 is 0. The molecule has 1 aromatic heterocycles. The van der Waals surface area contributed by atoms with Gasteiger partial charge in [-0.1, -0.05) is 13.8 Å². The van der Waals surface area contributed by atoms with Crippen molar-refractivity contribution in [3.8, 4) is 0 Å². The number of likely N-dealkylation sites (tertiary alicyclic amines) is 1. The summed E-state index contributed by atoms with van der Waals surface area (Å²) in [6, 6.07) is 1.95. The Morgan fingerprint density at radius 2 is 1.74 bits per heavy atom. The van der Waals surface area contributed by atoms with Crippen LogP contribution in [-0.2, 0) is 0 Å². The van der Waals surface area contributed by atoms with Crippen molar-refractivity contribution in [3.63, 3.8) is 0 Å². The number of aromatic nitrogens is 2. The summed E-state index contributed by atoms with van der Waals surface area (Å²) in [5.41, 5.74) is 0. The Labute approximate surface area is 116 Å². The highest BCUT2D eigenvalue weighted by atomic mass is 15.2. The molecule has 108 valence electrons. The van der Waals surface area contributed by atoms with Gasteiger partial charge in [0.15, 0.2) is 0 Å². The summed E-state index contributed by atoms with van der Waals surface area (Å²) in [4.78, 5) is 10.8. The van der Waals surface area contributed by atoms with Crippen LogP contribution in [0, 0.1) is 0 Å². The number of nitrogens with zero attached hydrogens (tertiary/aromatic N) is 3. The summed E-state index contributed by atoms with van der Waals surface area (Å²) in [6.45, 7) is 11.5. The molecular weight excluding hydrogens is 238 g/mol. The van der Waals surface area contributed by atoms with E-state index in [9.17, 15) is 0 Å². The van der Waals surface area contributed by atoms with Gasteiger partial charge in [0.2, 0.25) is 0 Å². The Hall–Kier alpha value is -1.36. The first-order chi connectivity index (χ1) is 9.38. The maximum atomic E-state index is 4.21. The van der Waals surface area contributed by atoms with Crippen LogP contribution in [0.2, 0.25) is 0 Å². The van der Waals surface area contributed by atoms with Crippen molar-refractivity contribution in [1.29, 1.82) is 0 Å². The highest BCUT2D eigenvalue weighted by Gasteiger charge is 2.10. The van der Waals surface area contributed by atoms with Gasteiger partial charge in [-0.3, -0.25) is 0 Å². The molecule has 0 atom stereocenters. The average molecular weight is 265 g/mol. The molecule has 0 unspecified atom stereocenters. The number of nitrogens with one attached hydrogen (secondary N) is 2. The van der Waals surface area contributed by atoms with E-state index in [1.54, 1.807) is 6.33 Å². The van der Waals surface area contributed by atoms with E-state index in [1.165, 1.54) is 25.9 Å². The Balaban J connectivity index is 0.000000861. The quantitative estimate of drug-likeness (QED) is 0.827. The molecule has 1 aliphatic heterocycles. The van der Waals surface area contributed by atoms with E-state index >= 15 is 0 Å². The fourth-order valence-corrected chi connectivity index (χ4v) is 2.08. The molecule has 19 heavy (non-hydrogen) atoms. The molecular formula is C14H27N5. The van der Waals surface area contributed by atoms with Crippen molar-refractivity contribution in [1.82, 2.24) is 14.9 Å². The molecule has 1 fully saturated rings. The lowest BCUT2D eigenvalue weighted by Gasteiger charge is -2.15. The van der Waals surface area contributed by atoms with E-state index in [1.807, 2.05) is 19.9 Å². The monoisotopic (exact) mass is 265 g/mol. The number of rotatable bonds is 6.